The summed E-state index contributed by atoms with van der Waals surface area (Å²) in [6, 6.07) is 6.11. The molecule has 104 valence electrons. The van der Waals surface area contributed by atoms with Crippen LogP contribution in [0.4, 0.5) is 11.6 Å². The molecule has 0 fully saturated rings. The first-order chi connectivity index (χ1) is 9.66. The fourth-order valence-corrected chi connectivity index (χ4v) is 2.32. The topological polar surface area (TPSA) is 61.8 Å². The lowest BCUT2D eigenvalue weighted by Crippen LogP contribution is -2.15. The fourth-order valence-electron chi connectivity index (χ4n) is 2.32. The Kier molecular flexibility index (Phi) is 3.06. The second-order valence-electron chi connectivity index (χ2n) is 5.00. The van der Waals surface area contributed by atoms with Crippen LogP contribution in [-0.4, -0.2) is 33.8 Å². The molecule has 2 heterocycles. The lowest BCUT2D eigenvalue weighted by Gasteiger charge is -2.13. The maximum Gasteiger partial charge on any atom is 0.204 e. The summed E-state index contributed by atoms with van der Waals surface area (Å²) in [5.41, 5.74) is 3.21. The average Bonchev–Trinajstić information content (AvgIpc) is 3.03. The first kappa shape index (κ1) is 12.5. The minimum atomic E-state index is 0.718. The van der Waals surface area contributed by atoms with Crippen LogP contribution in [0.5, 0.6) is 0 Å². The minimum Gasteiger partial charge on any atom is -0.378 e. The lowest BCUT2D eigenvalue weighted by atomic mass is 10.2. The van der Waals surface area contributed by atoms with Crippen LogP contribution in [0.25, 0.3) is 10.9 Å². The number of benzene rings is 1. The molecule has 6 nitrogen and oxygen atoms in total. The molecule has 0 aliphatic carbocycles. The molecule has 0 bridgehead atoms. The summed E-state index contributed by atoms with van der Waals surface area (Å²) >= 11 is 0. The van der Waals surface area contributed by atoms with Gasteiger partial charge in [-0.3, -0.25) is 5.10 Å². The molecule has 3 aromatic rings. The van der Waals surface area contributed by atoms with Crippen LogP contribution in [0, 0.1) is 0 Å². The minimum absolute atomic E-state index is 0.718. The molecule has 3 rings (SSSR count). The number of rotatable bonds is 4. The van der Waals surface area contributed by atoms with Gasteiger partial charge in [0.25, 0.3) is 0 Å². The Labute approximate surface area is 117 Å². The molecule has 6 heteroatoms. The normalized spacial score (nSPS) is 10.9. The zero-order chi connectivity index (χ0) is 14.1. The van der Waals surface area contributed by atoms with E-state index in [0.29, 0.717) is 0 Å². The summed E-state index contributed by atoms with van der Waals surface area (Å²) in [6.07, 6.45) is 3.73. The van der Waals surface area contributed by atoms with Gasteiger partial charge in [0.2, 0.25) is 5.95 Å². The van der Waals surface area contributed by atoms with Crippen molar-refractivity contribution >= 4 is 22.5 Å². The summed E-state index contributed by atoms with van der Waals surface area (Å²) in [5, 5.41) is 11.6. The van der Waals surface area contributed by atoms with Crippen LogP contribution in [0.15, 0.2) is 30.6 Å². The van der Waals surface area contributed by atoms with E-state index in [4.69, 9.17) is 0 Å². The molecule has 0 aliphatic rings. The van der Waals surface area contributed by atoms with Gasteiger partial charge in [-0.1, -0.05) is 12.1 Å². The largest absolute Gasteiger partial charge is 0.378 e. The monoisotopic (exact) mass is 270 g/mol. The van der Waals surface area contributed by atoms with E-state index >= 15 is 0 Å². The van der Waals surface area contributed by atoms with Crippen molar-refractivity contribution in [1.29, 1.82) is 0 Å². The molecule has 0 aliphatic heterocycles. The molecule has 0 saturated heterocycles. The highest BCUT2D eigenvalue weighted by atomic mass is 15.3. The third kappa shape index (κ3) is 2.09. The van der Waals surface area contributed by atoms with E-state index in [1.54, 1.807) is 0 Å². The van der Waals surface area contributed by atoms with Gasteiger partial charge in [0, 0.05) is 26.5 Å². The van der Waals surface area contributed by atoms with E-state index < -0.39 is 0 Å². The quantitative estimate of drug-likeness (QED) is 0.761. The van der Waals surface area contributed by atoms with Crippen molar-refractivity contribution in [1.82, 2.24) is 19.7 Å². The molecule has 0 saturated carbocycles. The van der Waals surface area contributed by atoms with Gasteiger partial charge >= 0.3 is 0 Å². The Morgan fingerprint density at radius 1 is 1.30 bits per heavy atom. The van der Waals surface area contributed by atoms with Crippen molar-refractivity contribution in [2.24, 2.45) is 7.05 Å². The SMILES string of the molecule is CN(C)c1ncc(CNc2cccc3cn[nH]c23)n1C. The van der Waals surface area contributed by atoms with Crippen LogP contribution in [0.2, 0.25) is 0 Å². The maximum absolute atomic E-state index is 4.41. The molecular formula is C14H18N6. The first-order valence-corrected chi connectivity index (χ1v) is 6.50. The Balaban J connectivity index is 1.81. The highest BCUT2D eigenvalue weighted by Crippen LogP contribution is 2.21. The van der Waals surface area contributed by atoms with Gasteiger partial charge in [-0.05, 0) is 6.07 Å². The zero-order valence-corrected chi connectivity index (χ0v) is 11.9. The summed E-state index contributed by atoms with van der Waals surface area (Å²) < 4.78 is 2.08. The summed E-state index contributed by atoms with van der Waals surface area (Å²) in [6.45, 7) is 0.718. The molecule has 20 heavy (non-hydrogen) atoms. The molecule has 0 spiro atoms. The summed E-state index contributed by atoms with van der Waals surface area (Å²) in [4.78, 5) is 6.41. The van der Waals surface area contributed by atoms with Crippen LogP contribution >= 0.6 is 0 Å². The number of H-pyrrole nitrogens is 1. The Morgan fingerprint density at radius 3 is 2.90 bits per heavy atom. The molecule has 2 aromatic heterocycles. The molecule has 0 atom stereocenters. The van der Waals surface area contributed by atoms with Gasteiger partial charge in [-0.25, -0.2) is 4.98 Å². The number of para-hydroxylation sites is 1. The zero-order valence-electron chi connectivity index (χ0n) is 11.9. The Hall–Kier alpha value is -2.50. The molecule has 1 aromatic carbocycles. The second kappa shape index (κ2) is 4.88. The van der Waals surface area contributed by atoms with Crippen molar-refractivity contribution in [3.8, 4) is 0 Å². The molecular weight excluding hydrogens is 252 g/mol. The van der Waals surface area contributed by atoms with E-state index in [2.05, 4.69) is 25.1 Å². The first-order valence-electron chi connectivity index (χ1n) is 6.50. The van der Waals surface area contributed by atoms with Crippen LogP contribution < -0.4 is 10.2 Å². The van der Waals surface area contributed by atoms with Gasteiger partial charge in [-0.2, -0.15) is 5.10 Å². The Morgan fingerprint density at radius 2 is 2.15 bits per heavy atom. The number of nitrogens with zero attached hydrogens (tertiary/aromatic N) is 4. The smallest absolute Gasteiger partial charge is 0.204 e. The van der Waals surface area contributed by atoms with Crippen molar-refractivity contribution in [3.05, 3.63) is 36.3 Å². The fraction of sp³-hybridized carbons (Fsp3) is 0.286. The average molecular weight is 270 g/mol. The molecule has 0 radical (unpaired) electrons. The van der Waals surface area contributed by atoms with Gasteiger partial charge in [-0.15, -0.1) is 0 Å². The van der Waals surface area contributed by atoms with Crippen LogP contribution in [0.3, 0.4) is 0 Å². The van der Waals surface area contributed by atoms with Gasteiger partial charge < -0.3 is 14.8 Å². The number of nitrogens with one attached hydrogen (secondary N) is 2. The number of fused-ring (bicyclic) bond motifs is 1. The van der Waals surface area contributed by atoms with Crippen molar-refractivity contribution in [3.63, 3.8) is 0 Å². The highest BCUT2D eigenvalue weighted by Gasteiger charge is 2.08. The Bertz CT molecular complexity index is 724. The number of anilines is 2. The van der Waals surface area contributed by atoms with Crippen molar-refractivity contribution < 1.29 is 0 Å². The van der Waals surface area contributed by atoms with Crippen LogP contribution in [0.1, 0.15) is 5.69 Å². The van der Waals surface area contributed by atoms with E-state index in [1.807, 2.05) is 56.6 Å². The lowest BCUT2D eigenvalue weighted by molar-refractivity contribution is 0.814. The number of hydrogen-bond acceptors (Lipinski definition) is 4. The second-order valence-corrected chi connectivity index (χ2v) is 5.00. The van der Waals surface area contributed by atoms with E-state index in [-0.39, 0.29) is 0 Å². The standard InChI is InChI=1S/C14H18N6/c1-19(2)14-16-9-11(20(14)3)8-15-12-6-4-5-10-7-17-18-13(10)12/h4-7,9,15H,8H2,1-3H3,(H,17,18). The summed E-state index contributed by atoms with van der Waals surface area (Å²) in [5.74, 6) is 0.946. The van der Waals surface area contributed by atoms with Gasteiger partial charge in [0.1, 0.15) is 0 Å². The number of imidazole rings is 1. The molecule has 0 unspecified atom stereocenters. The predicted octanol–water partition coefficient (Wildman–Crippen LogP) is 1.97. The van der Waals surface area contributed by atoms with Crippen molar-refractivity contribution in [2.45, 2.75) is 6.54 Å². The van der Waals surface area contributed by atoms with Gasteiger partial charge in [0.05, 0.1) is 35.8 Å². The number of hydrogen-bond donors (Lipinski definition) is 2. The maximum atomic E-state index is 4.41. The highest BCUT2D eigenvalue weighted by molar-refractivity contribution is 5.89. The van der Waals surface area contributed by atoms with Gasteiger partial charge in [0.15, 0.2) is 0 Å². The van der Waals surface area contributed by atoms with E-state index in [0.717, 1.165) is 34.8 Å². The number of aromatic amines is 1. The summed E-state index contributed by atoms with van der Waals surface area (Å²) in [7, 11) is 6.01. The van der Waals surface area contributed by atoms with E-state index in [1.165, 1.54) is 0 Å². The molecule has 0 amide bonds. The number of aromatic nitrogens is 4. The van der Waals surface area contributed by atoms with E-state index in [9.17, 15) is 0 Å². The predicted molar refractivity (Wildman–Crippen MR) is 81.0 cm³/mol. The molecule has 2 N–H and O–H groups in total. The van der Waals surface area contributed by atoms with Crippen LogP contribution in [-0.2, 0) is 13.6 Å². The third-order valence-corrected chi connectivity index (χ3v) is 3.40. The third-order valence-electron chi connectivity index (χ3n) is 3.40. The van der Waals surface area contributed by atoms with Crippen molar-refractivity contribution in [2.75, 3.05) is 24.3 Å².